The van der Waals surface area contributed by atoms with Crippen LogP contribution in [0, 0.1) is 13.8 Å². The number of esters is 1. The molecule has 0 spiro atoms. The molecule has 7 heteroatoms. The molecule has 154 valence electrons. The second-order valence-electron chi connectivity index (χ2n) is 6.56. The average molecular weight is 405 g/mol. The zero-order chi connectivity index (χ0) is 21.7. The van der Waals surface area contributed by atoms with Gasteiger partial charge in [0.05, 0.1) is 36.9 Å². The van der Waals surface area contributed by atoms with E-state index in [2.05, 4.69) is 10.4 Å². The van der Waals surface area contributed by atoms with Gasteiger partial charge in [-0.25, -0.2) is 9.48 Å². The molecule has 0 atom stereocenters. The van der Waals surface area contributed by atoms with Crippen molar-refractivity contribution >= 4 is 23.6 Å². The zero-order valence-corrected chi connectivity index (χ0v) is 17.3. The molecule has 0 aliphatic carbocycles. The average Bonchev–Trinajstić information content (AvgIpc) is 3.06. The predicted molar refractivity (Wildman–Crippen MR) is 115 cm³/mol. The van der Waals surface area contributed by atoms with Crippen molar-refractivity contribution in [1.29, 1.82) is 0 Å². The van der Waals surface area contributed by atoms with Gasteiger partial charge in [-0.1, -0.05) is 18.2 Å². The summed E-state index contributed by atoms with van der Waals surface area (Å²) in [6.07, 6.45) is 3.13. The summed E-state index contributed by atoms with van der Waals surface area (Å²) < 4.78 is 11.8. The Hall–Kier alpha value is -3.87. The summed E-state index contributed by atoms with van der Waals surface area (Å²) in [5.74, 6) is -0.455. The van der Waals surface area contributed by atoms with Gasteiger partial charge >= 0.3 is 5.97 Å². The predicted octanol–water partition coefficient (Wildman–Crippen LogP) is 3.94. The molecule has 1 N–H and O–H groups in total. The highest BCUT2D eigenvalue weighted by molar-refractivity contribution is 6.06. The summed E-state index contributed by atoms with van der Waals surface area (Å²) in [6.45, 7) is 3.84. The fourth-order valence-corrected chi connectivity index (χ4v) is 3.09. The second kappa shape index (κ2) is 9.09. The lowest BCUT2D eigenvalue weighted by Crippen LogP contribution is -2.13. The Morgan fingerprint density at radius 3 is 2.47 bits per heavy atom. The number of nitrogens with one attached hydrogen (secondary N) is 1. The topological polar surface area (TPSA) is 82.4 Å². The Morgan fingerprint density at radius 1 is 1.07 bits per heavy atom. The van der Waals surface area contributed by atoms with Crippen LogP contribution < -0.4 is 10.1 Å². The summed E-state index contributed by atoms with van der Waals surface area (Å²) in [4.78, 5) is 24.5. The van der Waals surface area contributed by atoms with Crippen LogP contribution in [0.4, 0.5) is 5.69 Å². The van der Waals surface area contributed by atoms with Gasteiger partial charge in [0.15, 0.2) is 0 Å². The van der Waals surface area contributed by atoms with Crippen molar-refractivity contribution in [3.05, 3.63) is 77.1 Å². The number of benzene rings is 2. The first-order chi connectivity index (χ1) is 14.4. The van der Waals surface area contributed by atoms with Crippen LogP contribution in [0.1, 0.15) is 27.3 Å². The van der Waals surface area contributed by atoms with Crippen molar-refractivity contribution in [2.75, 3.05) is 19.5 Å². The largest absolute Gasteiger partial charge is 0.497 e. The molecule has 7 nitrogen and oxygen atoms in total. The van der Waals surface area contributed by atoms with Crippen LogP contribution in [0.2, 0.25) is 0 Å². The minimum absolute atomic E-state index is 0.211. The standard InChI is InChI=1S/C23H23N3O4/c1-15-19(16(2)26(25-15)17-8-6-5-7-9-17)11-13-22(27)24-21-12-10-18(29-3)14-20(21)23(28)30-4/h5-14H,1-4H3,(H,24,27). The number of nitrogens with zero attached hydrogens (tertiary/aromatic N) is 2. The first-order valence-electron chi connectivity index (χ1n) is 9.31. The fourth-order valence-electron chi connectivity index (χ4n) is 3.09. The molecule has 0 fully saturated rings. The van der Waals surface area contributed by atoms with E-state index < -0.39 is 5.97 Å². The van der Waals surface area contributed by atoms with E-state index in [0.29, 0.717) is 11.4 Å². The monoisotopic (exact) mass is 405 g/mol. The van der Waals surface area contributed by atoms with Gasteiger partial charge in [0.2, 0.25) is 5.91 Å². The van der Waals surface area contributed by atoms with Gasteiger partial charge in [0.1, 0.15) is 5.75 Å². The number of ether oxygens (including phenoxy) is 2. The highest BCUT2D eigenvalue weighted by atomic mass is 16.5. The number of amides is 1. The maximum absolute atomic E-state index is 12.5. The van der Waals surface area contributed by atoms with Crippen molar-refractivity contribution < 1.29 is 19.1 Å². The lowest BCUT2D eigenvalue weighted by Gasteiger charge is -2.10. The molecule has 0 aliphatic heterocycles. The van der Waals surface area contributed by atoms with Crippen LogP contribution in [0.15, 0.2) is 54.6 Å². The molecule has 0 unspecified atom stereocenters. The Labute approximate surface area is 174 Å². The molecular formula is C23H23N3O4. The van der Waals surface area contributed by atoms with Gasteiger partial charge in [0, 0.05) is 17.3 Å². The number of hydrogen-bond acceptors (Lipinski definition) is 5. The SMILES string of the molecule is COC(=O)c1cc(OC)ccc1NC(=O)C=Cc1c(C)nn(-c2ccccc2)c1C. The molecule has 3 aromatic rings. The number of rotatable bonds is 6. The van der Waals surface area contributed by atoms with Crippen LogP contribution >= 0.6 is 0 Å². The molecule has 0 aliphatic rings. The van der Waals surface area contributed by atoms with Gasteiger partial charge < -0.3 is 14.8 Å². The summed E-state index contributed by atoms with van der Waals surface area (Å²) >= 11 is 0. The highest BCUT2D eigenvalue weighted by Gasteiger charge is 2.15. The number of carbonyl (C=O) groups is 2. The molecule has 1 aromatic heterocycles. The van der Waals surface area contributed by atoms with E-state index in [0.717, 1.165) is 22.6 Å². The van der Waals surface area contributed by atoms with Gasteiger partial charge in [0.25, 0.3) is 0 Å². The van der Waals surface area contributed by atoms with Gasteiger partial charge in [-0.3, -0.25) is 4.79 Å². The van der Waals surface area contributed by atoms with E-state index in [1.807, 2.05) is 48.9 Å². The maximum atomic E-state index is 12.5. The Morgan fingerprint density at radius 2 is 1.80 bits per heavy atom. The van der Waals surface area contributed by atoms with E-state index in [1.54, 1.807) is 18.2 Å². The number of methoxy groups -OCH3 is 2. The van der Waals surface area contributed by atoms with Crippen molar-refractivity contribution in [2.24, 2.45) is 0 Å². The molecule has 1 heterocycles. The zero-order valence-electron chi connectivity index (χ0n) is 17.3. The summed E-state index contributed by atoms with van der Waals surface area (Å²) in [7, 11) is 2.78. The number of anilines is 1. The number of para-hydroxylation sites is 1. The van der Waals surface area contributed by atoms with Crippen LogP contribution in [0.3, 0.4) is 0 Å². The first-order valence-corrected chi connectivity index (χ1v) is 9.31. The van der Waals surface area contributed by atoms with Crippen LogP contribution in [-0.2, 0) is 9.53 Å². The molecular weight excluding hydrogens is 382 g/mol. The number of hydrogen-bond donors (Lipinski definition) is 1. The van der Waals surface area contributed by atoms with E-state index in [9.17, 15) is 9.59 Å². The molecule has 3 rings (SSSR count). The van der Waals surface area contributed by atoms with Crippen molar-refractivity contribution in [1.82, 2.24) is 9.78 Å². The number of aromatic nitrogens is 2. The Balaban J connectivity index is 1.83. The van der Waals surface area contributed by atoms with Crippen molar-refractivity contribution in [2.45, 2.75) is 13.8 Å². The van der Waals surface area contributed by atoms with E-state index in [1.165, 1.54) is 26.4 Å². The van der Waals surface area contributed by atoms with Gasteiger partial charge in [-0.15, -0.1) is 0 Å². The van der Waals surface area contributed by atoms with Crippen molar-refractivity contribution in [3.8, 4) is 11.4 Å². The fraction of sp³-hybridized carbons (Fsp3) is 0.174. The molecule has 0 saturated heterocycles. The third-order valence-corrected chi connectivity index (χ3v) is 4.64. The van der Waals surface area contributed by atoms with Crippen molar-refractivity contribution in [3.63, 3.8) is 0 Å². The third-order valence-electron chi connectivity index (χ3n) is 4.64. The van der Waals surface area contributed by atoms with Crippen LogP contribution in [-0.4, -0.2) is 35.9 Å². The summed E-state index contributed by atoms with van der Waals surface area (Å²) in [5.41, 5.74) is 4.08. The van der Waals surface area contributed by atoms with Gasteiger partial charge in [-0.05, 0) is 50.3 Å². The molecule has 0 bridgehead atoms. The Bertz CT molecular complexity index is 1100. The van der Waals surface area contributed by atoms with Gasteiger partial charge in [-0.2, -0.15) is 5.10 Å². The number of carbonyl (C=O) groups excluding carboxylic acids is 2. The maximum Gasteiger partial charge on any atom is 0.340 e. The van der Waals surface area contributed by atoms with Crippen LogP contribution in [0.5, 0.6) is 5.75 Å². The van der Waals surface area contributed by atoms with E-state index in [4.69, 9.17) is 9.47 Å². The summed E-state index contributed by atoms with van der Waals surface area (Å²) in [5, 5.41) is 7.28. The molecule has 30 heavy (non-hydrogen) atoms. The lowest BCUT2D eigenvalue weighted by atomic mass is 10.1. The highest BCUT2D eigenvalue weighted by Crippen LogP contribution is 2.23. The lowest BCUT2D eigenvalue weighted by molar-refractivity contribution is -0.111. The third kappa shape index (κ3) is 4.41. The molecule has 2 aromatic carbocycles. The second-order valence-corrected chi connectivity index (χ2v) is 6.56. The molecule has 0 saturated carbocycles. The smallest absolute Gasteiger partial charge is 0.340 e. The molecule has 0 radical (unpaired) electrons. The van der Waals surface area contributed by atoms with E-state index in [-0.39, 0.29) is 11.5 Å². The summed E-state index contributed by atoms with van der Waals surface area (Å²) in [6, 6.07) is 14.6. The molecule has 1 amide bonds. The Kier molecular flexibility index (Phi) is 6.32. The first kappa shape index (κ1) is 20.9. The van der Waals surface area contributed by atoms with E-state index >= 15 is 0 Å². The van der Waals surface area contributed by atoms with Crippen LogP contribution in [0.25, 0.3) is 11.8 Å². The minimum atomic E-state index is -0.566. The normalized spacial score (nSPS) is 10.8. The number of aryl methyl sites for hydroxylation is 1. The minimum Gasteiger partial charge on any atom is -0.497 e. The quantitative estimate of drug-likeness (QED) is 0.496.